The summed E-state index contributed by atoms with van der Waals surface area (Å²) in [6.07, 6.45) is 1.05. The molecule has 3 nitrogen and oxygen atoms in total. The predicted molar refractivity (Wildman–Crippen MR) is 84.2 cm³/mol. The first-order chi connectivity index (χ1) is 10.2. The maximum Gasteiger partial charge on any atom is 0.282 e. The first-order valence-electron chi connectivity index (χ1n) is 7.51. The lowest BCUT2D eigenvalue weighted by Gasteiger charge is -2.30. The Morgan fingerprint density at radius 2 is 1.71 bits per heavy atom. The van der Waals surface area contributed by atoms with Crippen molar-refractivity contribution in [1.29, 1.82) is 0 Å². The van der Waals surface area contributed by atoms with Gasteiger partial charge in [-0.25, -0.2) is 0 Å². The van der Waals surface area contributed by atoms with Gasteiger partial charge in [0.15, 0.2) is 6.04 Å². The average Bonchev–Trinajstić information content (AvgIpc) is 2.54. The van der Waals surface area contributed by atoms with E-state index in [0.717, 1.165) is 25.2 Å². The monoisotopic (exact) mass is 281 g/mol. The van der Waals surface area contributed by atoms with Crippen molar-refractivity contribution >= 4 is 11.6 Å². The molecule has 2 aromatic carbocycles. The molecule has 108 valence electrons. The molecule has 1 heterocycles. The average molecular weight is 281 g/mol. The molecule has 1 unspecified atom stereocenters. The van der Waals surface area contributed by atoms with Gasteiger partial charge in [0.1, 0.15) is 6.54 Å². The first-order valence-corrected chi connectivity index (χ1v) is 7.51. The zero-order chi connectivity index (χ0) is 14.7. The lowest BCUT2D eigenvalue weighted by Crippen LogP contribution is -3.16. The Morgan fingerprint density at radius 1 is 1.05 bits per heavy atom. The Hall–Kier alpha value is -2.13. The Labute approximate surface area is 125 Å². The highest BCUT2D eigenvalue weighted by Gasteiger charge is 2.28. The molecule has 1 amide bonds. The topological polar surface area (TPSA) is 33.5 Å². The molecule has 0 aromatic heterocycles. The molecule has 1 aliphatic rings. The summed E-state index contributed by atoms with van der Waals surface area (Å²) in [5, 5.41) is 3.00. The molecule has 2 atom stereocenters. The van der Waals surface area contributed by atoms with Crippen LogP contribution < -0.4 is 10.2 Å². The molecule has 0 saturated heterocycles. The number of anilines is 1. The van der Waals surface area contributed by atoms with E-state index in [1.54, 1.807) is 0 Å². The van der Waals surface area contributed by atoms with Gasteiger partial charge in [-0.05, 0) is 24.6 Å². The van der Waals surface area contributed by atoms with Crippen LogP contribution in [0.4, 0.5) is 5.69 Å². The number of benzene rings is 2. The van der Waals surface area contributed by atoms with Gasteiger partial charge in [0, 0.05) is 17.7 Å². The van der Waals surface area contributed by atoms with E-state index in [-0.39, 0.29) is 11.9 Å². The molecule has 0 spiro atoms. The summed E-state index contributed by atoms with van der Waals surface area (Å²) in [5.74, 6) is 0.0931. The van der Waals surface area contributed by atoms with Gasteiger partial charge in [0.2, 0.25) is 0 Å². The fourth-order valence-corrected chi connectivity index (χ4v) is 2.93. The normalized spacial score (nSPS) is 18.6. The van der Waals surface area contributed by atoms with Gasteiger partial charge in [-0.3, -0.25) is 4.79 Å². The number of rotatable bonds is 3. The van der Waals surface area contributed by atoms with E-state index in [1.807, 2.05) is 37.3 Å². The summed E-state index contributed by atoms with van der Waals surface area (Å²) in [4.78, 5) is 13.7. The van der Waals surface area contributed by atoms with Crippen molar-refractivity contribution in [2.45, 2.75) is 25.9 Å². The maximum atomic E-state index is 12.4. The summed E-state index contributed by atoms with van der Waals surface area (Å²) in [7, 11) is 0. The molecule has 3 heteroatoms. The predicted octanol–water partition coefficient (Wildman–Crippen LogP) is 1.65. The van der Waals surface area contributed by atoms with Crippen LogP contribution in [0.15, 0.2) is 54.6 Å². The number of carbonyl (C=O) groups excluding carboxylic acids is 1. The number of fused-ring (bicyclic) bond motifs is 1. The van der Waals surface area contributed by atoms with Crippen molar-refractivity contribution in [3.8, 4) is 0 Å². The molecule has 0 fully saturated rings. The molecular formula is C18H21N2O+. The molecule has 2 N–H and O–H groups in total. The molecule has 2 aromatic rings. The highest BCUT2D eigenvalue weighted by atomic mass is 16.2. The second kappa shape index (κ2) is 6.10. The molecule has 0 radical (unpaired) electrons. The Balaban J connectivity index is 1.66. The number of amides is 1. The standard InChI is InChI=1S/C18H20N2O/c1-14(18(21)19-17-9-3-2-4-10-17)20-12-11-15-7-5-6-8-16(15)13-20/h2-10,14H,11-13H2,1H3,(H,19,21)/p+1/t14-/m0/s1. The van der Waals surface area contributed by atoms with Crippen molar-refractivity contribution in [3.63, 3.8) is 0 Å². The Kier molecular flexibility index (Phi) is 4.02. The minimum Gasteiger partial charge on any atom is -0.321 e. The van der Waals surface area contributed by atoms with E-state index < -0.39 is 0 Å². The minimum atomic E-state index is -0.0430. The zero-order valence-corrected chi connectivity index (χ0v) is 12.3. The summed E-state index contributed by atoms with van der Waals surface area (Å²) in [5.41, 5.74) is 3.67. The quantitative estimate of drug-likeness (QED) is 0.881. The summed E-state index contributed by atoms with van der Waals surface area (Å²) >= 11 is 0. The van der Waals surface area contributed by atoms with Gasteiger partial charge in [-0.2, -0.15) is 0 Å². The fraction of sp³-hybridized carbons (Fsp3) is 0.278. The molecule has 0 bridgehead atoms. The molecule has 3 rings (SSSR count). The minimum absolute atomic E-state index is 0.0430. The molecule has 0 aliphatic carbocycles. The van der Waals surface area contributed by atoms with Gasteiger partial charge >= 0.3 is 0 Å². The van der Waals surface area contributed by atoms with Crippen LogP contribution in [0.1, 0.15) is 18.1 Å². The molecule has 1 aliphatic heterocycles. The number of hydrogen-bond donors (Lipinski definition) is 2. The second-order valence-electron chi connectivity index (χ2n) is 5.68. The van der Waals surface area contributed by atoms with Gasteiger partial charge in [-0.1, -0.05) is 42.5 Å². The van der Waals surface area contributed by atoms with Crippen molar-refractivity contribution in [3.05, 3.63) is 65.7 Å². The highest BCUT2D eigenvalue weighted by molar-refractivity contribution is 5.93. The third-order valence-corrected chi connectivity index (χ3v) is 4.30. The van der Waals surface area contributed by atoms with Crippen molar-refractivity contribution in [2.75, 3.05) is 11.9 Å². The summed E-state index contributed by atoms with van der Waals surface area (Å²) in [6.45, 7) is 3.96. The van der Waals surface area contributed by atoms with Crippen LogP contribution in [0.5, 0.6) is 0 Å². The van der Waals surface area contributed by atoms with Gasteiger partial charge in [0.25, 0.3) is 5.91 Å². The van der Waals surface area contributed by atoms with E-state index in [9.17, 15) is 4.79 Å². The van der Waals surface area contributed by atoms with Gasteiger partial charge < -0.3 is 10.2 Å². The number of quaternary nitrogens is 1. The molecular weight excluding hydrogens is 260 g/mol. The lowest BCUT2D eigenvalue weighted by atomic mass is 9.99. The molecule has 0 saturated carbocycles. The second-order valence-corrected chi connectivity index (χ2v) is 5.68. The van der Waals surface area contributed by atoms with Crippen LogP contribution in [-0.4, -0.2) is 18.5 Å². The molecule has 21 heavy (non-hydrogen) atoms. The SMILES string of the molecule is C[C@@H](C(=O)Nc1ccccc1)[NH+]1CCc2ccccc2C1. The van der Waals surface area contributed by atoms with Crippen LogP contribution in [-0.2, 0) is 17.8 Å². The number of carbonyl (C=O) groups is 1. The highest BCUT2D eigenvalue weighted by Crippen LogP contribution is 2.11. The Bertz CT molecular complexity index is 624. The lowest BCUT2D eigenvalue weighted by molar-refractivity contribution is -0.929. The van der Waals surface area contributed by atoms with Crippen LogP contribution in [0.2, 0.25) is 0 Å². The van der Waals surface area contributed by atoms with E-state index in [0.29, 0.717) is 0 Å². The number of nitrogens with one attached hydrogen (secondary N) is 2. The van der Waals surface area contributed by atoms with Crippen molar-refractivity contribution in [2.24, 2.45) is 0 Å². The smallest absolute Gasteiger partial charge is 0.282 e. The third-order valence-electron chi connectivity index (χ3n) is 4.30. The van der Waals surface area contributed by atoms with E-state index >= 15 is 0 Å². The van der Waals surface area contributed by atoms with E-state index in [1.165, 1.54) is 16.0 Å². The van der Waals surface area contributed by atoms with E-state index in [4.69, 9.17) is 0 Å². The number of hydrogen-bond acceptors (Lipinski definition) is 1. The Morgan fingerprint density at radius 3 is 2.48 bits per heavy atom. The van der Waals surface area contributed by atoms with Crippen LogP contribution >= 0.6 is 0 Å². The maximum absolute atomic E-state index is 12.4. The first kappa shape index (κ1) is 13.8. The summed E-state index contributed by atoms with van der Waals surface area (Å²) in [6, 6.07) is 18.2. The van der Waals surface area contributed by atoms with Crippen LogP contribution in [0.25, 0.3) is 0 Å². The number of para-hydroxylation sites is 1. The van der Waals surface area contributed by atoms with Crippen molar-refractivity contribution < 1.29 is 9.69 Å². The third kappa shape index (κ3) is 3.14. The van der Waals surface area contributed by atoms with Gasteiger partial charge in [-0.15, -0.1) is 0 Å². The van der Waals surface area contributed by atoms with Crippen LogP contribution in [0.3, 0.4) is 0 Å². The van der Waals surface area contributed by atoms with Crippen molar-refractivity contribution in [1.82, 2.24) is 0 Å². The zero-order valence-electron chi connectivity index (χ0n) is 12.3. The largest absolute Gasteiger partial charge is 0.321 e. The van der Waals surface area contributed by atoms with Gasteiger partial charge in [0.05, 0.1) is 6.54 Å². The fourth-order valence-electron chi connectivity index (χ4n) is 2.93. The van der Waals surface area contributed by atoms with Crippen LogP contribution in [0, 0.1) is 0 Å². The summed E-state index contributed by atoms with van der Waals surface area (Å²) < 4.78 is 0. The van der Waals surface area contributed by atoms with E-state index in [2.05, 4.69) is 29.6 Å².